The zero-order valence-electron chi connectivity index (χ0n) is 14.0. The Kier molecular flexibility index (Phi) is 3.86. The van der Waals surface area contributed by atoms with E-state index in [2.05, 4.69) is 51.2 Å². The predicted octanol–water partition coefficient (Wildman–Crippen LogP) is 3.31. The Balaban J connectivity index is 1.47. The van der Waals surface area contributed by atoms with Gasteiger partial charge < -0.3 is 4.52 Å². The van der Waals surface area contributed by atoms with Gasteiger partial charge in [0.05, 0.1) is 5.69 Å². The number of aromatic nitrogens is 3. The third-order valence-corrected chi connectivity index (χ3v) is 4.41. The summed E-state index contributed by atoms with van der Waals surface area (Å²) in [6.45, 7) is 6.64. The highest BCUT2D eigenvalue weighted by Gasteiger charge is 2.19. The van der Waals surface area contributed by atoms with E-state index in [1.54, 1.807) is 0 Å². The van der Waals surface area contributed by atoms with E-state index in [4.69, 9.17) is 4.52 Å². The van der Waals surface area contributed by atoms with Crippen LogP contribution in [0, 0.1) is 13.8 Å². The van der Waals surface area contributed by atoms with Crippen LogP contribution < -0.4 is 0 Å². The van der Waals surface area contributed by atoms with E-state index in [-0.39, 0.29) is 0 Å². The number of aryl methyl sites for hydroxylation is 2. The first-order chi connectivity index (χ1) is 11.7. The molecule has 4 rings (SSSR count). The second-order valence-corrected chi connectivity index (χ2v) is 6.40. The van der Waals surface area contributed by atoms with Crippen molar-refractivity contribution < 1.29 is 4.52 Å². The monoisotopic (exact) mass is 320 g/mol. The van der Waals surface area contributed by atoms with Crippen LogP contribution in [0.5, 0.6) is 0 Å². The van der Waals surface area contributed by atoms with Gasteiger partial charge in [0.15, 0.2) is 5.76 Å². The molecule has 3 heterocycles. The Morgan fingerprint density at radius 2 is 2.00 bits per heavy atom. The molecular formula is C19H20N4O. The summed E-state index contributed by atoms with van der Waals surface area (Å²) in [6.07, 6.45) is 2.91. The summed E-state index contributed by atoms with van der Waals surface area (Å²) in [5.74, 6) is 1.67. The van der Waals surface area contributed by atoms with Gasteiger partial charge >= 0.3 is 0 Å². The van der Waals surface area contributed by atoms with Gasteiger partial charge in [0.2, 0.25) is 0 Å². The van der Waals surface area contributed by atoms with E-state index in [9.17, 15) is 0 Å². The lowest BCUT2D eigenvalue weighted by atomic mass is 10.1. The summed E-state index contributed by atoms with van der Waals surface area (Å²) < 4.78 is 5.52. The molecule has 1 aromatic carbocycles. The molecule has 24 heavy (non-hydrogen) atoms. The van der Waals surface area contributed by atoms with Crippen molar-refractivity contribution >= 4 is 0 Å². The zero-order chi connectivity index (χ0) is 16.5. The molecule has 1 aliphatic heterocycles. The predicted molar refractivity (Wildman–Crippen MR) is 91.3 cm³/mol. The van der Waals surface area contributed by atoms with Crippen molar-refractivity contribution in [3.05, 3.63) is 64.9 Å². The van der Waals surface area contributed by atoms with Gasteiger partial charge in [-0.3, -0.25) is 4.90 Å². The number of fused-ring (bicyclic) bond motifs is 1. The van der Waals surface area contributed by atoms with Crippen molar-refractivity contribution in [1.82, 2.24) is 20.0 Å². The first-order valence-corrected chi connectivity index (χ1v) is 8.24. The molecule has 5 nitrogen and oxygen atoms in total. The summed E-state index contributed by atoms with van der Waals surface area (Å²) in [4.78, 5) is 11.2. The van der Waals surface area contributed by atoms with E-state index in [1.807, 2.05) is 19.2 Å². The SMILES string of the molecule is Cc1ccc(-c2cc(CN3CCc4nc(C)ncc4C3)no2)cc1. The van der Waals surface area contributed by atoms with Crippen LogP contribution in [0.15, 0.2) is 41.1 Å². The molecule has 0 N–H and O–H groups in total. The lowest BCUT2D eigenvalue weighted by Gasteiger charge is -2.26. The van der Waals surface area contributed by atoms with Crippen molar-refractivity contribution in [2.45, 2.75) is 33.4 Å². The highest BCUT2D eigenvalue weighted by atomic mass is 16.5. The number of hydrogen-bond acceptors (Lipinski definition) is 5. The Hall–Kier alpha value is -2.53. The molecule has 0 amide bonds. The molecule has 0 unspecified atom stereocenters. The highest BCUT2D eigenvalue weighted by molar-refractivity contribution is 5.57. The quantitative estimate of drug-likeness (QED) is 0.741. The minimum Gasteiger partial charge on any atom is -0.356 e. The third kappa shape index (κ3) is 3.08. The van der Waals surface area contributed by atoms with Crippen LogP contribution in [0.25, 0.3) is 11.3 Å². The molecule has 2 aromatic heterocycles. The fraction of sp³-hybridized carbons (Fsp3) is 0.316. The maximum absolute atomic E-state index is 5.52. The molecule has 1 aliphatic rings. The molecular weight excluding hydrogens is 300 g/mol. The Bertz CT molecular complexity index is 854. The van der Waals surface area contributed by atoms with E-state index in [0.29, 0.717) is 0 Å². The third-order valence-electron chi connectivity index (χ3n) is 4.41. The summed E-state index contributed by atoms with van der Waals surface area (Å²) in [7, 11) is 0. The van der Waals surface area contributed by atoms with Gasteiger partial charge in [-0.2, -0.15) is 0 Å². The van der Waals surface area contributed by atoms with Gasteiger partial charge in [-0.05, 0) is 13.8 Å². The number of rotatable bonds is 3. The van der Waals surface area contributed by atoms with Crippen molar-refractivity contribution in [3.8, 4) is 11.3 Å². The fourth-order valence-corrected chi connectivity index (χ4v) is 3.08. The van der Waals surface area contributed by atoms with Gasteiger partial charge in [0, 0.05) is 55.1 Å². The number of hydrogen-bond donors (Lipinski definition) is 0. The van der Waals surface area contributed by atoms with Crippen molar-refractivity contribution in [3.63, 3.8) is 0 Å². The van der Waals surface area contributed by atoms with E-state index < -0.39 is 0 Å². The van der Waals surface area contributed by atoms with E-state index in [0.717, 1.165) is 48.9 Å². The van der Waals surface area contributed by atoms with Gasteiger partial charge in [0.1, 0.15) is 5.82 Å². The maximum atomic E-state index is 5.52. The molecule has 122 valence electrons. The van der Waals surface area contributed by atoms with E-state index >= 15 is 0 Å². The largest absolute Gasteiger partial charge is 0.356 e. The minimum atomic E-state index is 0.780. The molecule has 0 saturated carbocycles. The Morgan fingerprint density at radius 1 is 1.17 bits per heavy atom. The lowest BCUT2D eigenvalue weighted by Crippen LogP contribution is -2.31. The Morgan fingerprint density at radius 3 is 2.83 bits per heavy atom. The van der Waals surface area contributed by atoms with Gasteiger partial charge in [-0.15, -0.1) is 0 Å². The average Bonchev–Trinajstić information content (AvgIpc) is 3.04. The van der Waals surface area contributed by atoms with Gasteiger partial charge in [0.25, 0.3) is 0 Å². The van der Waals surface area contributed by atoms with Crippen LogP contribution >= 0.6 is 0 Å². The van der Waals surface area contributed by atoms with Crippen molar-refractivity contribution in [1.29, 1.82) is 0 Å². The Labute approximate surface area is 141 Å². The van der Waals surface area contributed by atoms with Gasteiger partial charge in [-0.25, -0.2) is 9.97 Å². The lowest BCUT2D eigenvalue weighted by molar-refractivity contribution is 0.235. The molecule has 0 fully saturated rings. The molecule has 0 aliphatic carbocycles. The second-order valence-electron chi connectivity index (χ2n) is 6.40. The smallest absolute Gasteiger partial charge is 0.167 e. The number of nitrogens with zero attached hydrogens (tertiary/aromatic N) is 4. The normalized spacial score (nSPS) is 14.6. The first-order valence-electron chi connectivity index (χ1n) is 8.24. The summed E-state index contributed by atoms with van der Waals surface area (Å²) in [5.41, 5.74) is 5.66. The topological polar surface area (TPSA) is 55.1 Å². The fourth-order valence-electron chi connectivity index (χ4n) is 3.08. The van der Waals surface area contributed by atoms with Crippen LogP contribution in [0.3, 0.4) is 0 Å². The molecule has 5 heteroatoms. The van der Waals surface area contributed by atoms with Crippen molar-refractivity contribution in [2.24, 2.45) is 0 Å². The summed E-state index contributed by atoms with van der Waals surface area (Å²) in [5, 5.41) is 4.23. The molecule has 0 saturated heterocycles. The van der Waals surface area contributed by atoms with Crippen LogP contribution in [-0.2, 0) is 19.5 Å². The van der Waals surface area contributed by atoms with Gasteiger partial charge in [-0.1, -0.05) is 35.0 Å². The van der Waals surface area contributed by atoms with Crippen molar-refractivity contribution in [2.75, 3.05) is 6.54 Å². The molecule has 0 bridgehead atoms. The van der Waals surface area contributed by atoms with Crippen LogP contribution in [-0.4, -0.2) is 26.6 Å². The molecule has 0 radical (unpaired) electrons. The molecule has 0 spiro atoms. The maximum Gasteiger partial charge on any atom is 0.167 e. The first kappa shape index (κ1) is 15.0. The van der Waals surface area contributed by atoms with E-state index in [1.165, 1.54) is 16.8 Å². The number of benzene rings is 1. The second kappa shape index (κ2) is 6.17. The standard InChI is InChI=1S/C19H20N4O/c1-13-3-5-15(6-4-13)19-9-17(22-24-19)12-23-8-7-18-16(11-23)10-20-14(2)21-18/h3-6,9-10H,7-8,11-12H2,1-2H3. The average molecular weight is 320 g/mol. The summed E-state index contributed by atoms with van der Waals surface area (Å²) in [6, 6.07) is 10.3. The molecule has 3 aromatic rings. The highest BCUT2D eigenvalue weighted by Crippen LogP contribution is 2.23. The van der Waals surface area contributed by atoms with Crippen LogP contribution in [0.1, 0.15) is 28.3 Å². The summed E-state index contributed by atoms with van der Waals surface area (Å²) >= 11 is 0. The minimum absolute atomic E-state index is 0.780. The van der Waals surface area contributed by atoms with Crippen LogP contribution in [0.4, 0.5) is 0 Å². The van der Waals surface area contributed by atoms with Crippen LogP contribution in [0.2, 0.25) is 0 Å². The zero-order valence-corrected chi connectivity index (χ0v) is 14.0. The molecule has 0 atom stereocenters.